The van der Waals surface area contributed by atoms with Crippen LogP contribution in [0.1, 0.15) is 19.4 Å². The summed E-state index contributed by atoms with van der Waals surface area (Å²) in [6.07, 6.45) is 0.436. The van der Waals surface area contributed by atoms with Crippen LogP contribution in [0.4, 0.5) is 0 Å². The Hall–Kier alpha value is -1.27. The van der Waals surface area contributed by atoms with Crippen molar-refractivity contribution in [1.82, 2.24) is 4.90 Å². The summed E-state index contributed by atoms with van der Waals surface area (Å²) in [6, 6.07) is 4.74. The zero-order valence-corrected chi connectivity index (χ0v) is 15.0. The van der Waals surface area contributed by atoms with Crippen LogP contribution < -0.4 is 4.74 Å². The number of benzene rings is 1. The van der Waals surface area contributed by atoms with Crippen molar-refractivity contribution in [3.63, 3.8) is 0 Å². The molecule has 7 heteroatoms. The Bertz CT molecular complexity index is 645. The molecular weight excluding hydrogens is 326 g/mol. The van der Waals surface area contributed by atoms with Gasteiger partial charge in [0.05, 0.1) is 5.75 Å². The van der Waals surface area contributed by atoms with Crippen LogP contribution in [-0.4, -0.2) is 50.4 Å². The van der Waals surface area contributed by atoms with Gasteiger partial charge in [0.2, 0.25) is 0 Å². The molecule has 5 nitrogen and oxygen atoms in total. The minimum Gasteiger partial charge on any atom is -0.481 e. The third-order valence-corrected chi connectivity index (χ3v) is 4.66. The molecule has 0 saturated carbocycles. The smallest absolute Gasteiger partial charge is 0.263 e. The molecule has 1 amide bonds. The maximum Gasteiger partial charge on any atom is 0.263 e. The normalized spacial score (nSPS) is 14.3. The first kappa shape index (κ1) is 18.8. The average Bonchev–Trinajstić information content (AvgIpc) is 2.38. The van der Waals surface area contributed by atoms with Crippen LogP contribution in [0, 0.1) is 6.92 Å². The van der Waals surface area contributed by atoms with Crippen molar-refractivity contribution < 1.29 is 17.9 Å². The van der Waals surface area contributed by atoms with Crippen molar-refractivity contribution in [3.8, 4) is 5.75 Å². The lowest BCUT2D eigenvalue weighted by Crippen LogP contribution is -2.45. The van der Waals surface area contributed by atoms with Crippen molar-refractivity contribution >= 4 is 27.3 Å². The molecule has 0 bridgehead atoms. The molecule has 1 aromatic carbocycles. The number of carbonyl (C=O) groups excluding carboxylic acids is 1. The lowest BCUT2D eigenvalue weighted by molar-refractivity contribution is -0.138. The highest BCUT2D eigenvalue weighted by Crippen LogP contribution is 2.23. The largest absolute Gasteiger partial charge is 0.481 e. The molecule has 0 aliphatic rings. The highest BCUT2D eigenvalue weighted by Gasteiger charge is 2.25. The van der Waals surface area contributed by atoms with E-state index in [2.05, 4.69) is 0 Å². The number of sulfone groups is 1. The molecule has 0 aliphatic carbocycles. The molecule has 1 rings (SSSR count). The number of carbonyl (C=O) groups is 1. The Kier molecular flexibility index (Phi) is 6.26. The lowest BCUT2D eigenvalue weighted by atomic mass is 10.2. The Labute approximate surface area is 137 Å². The number of likely N-dealkylation sites (N-methyl/N-ethyl adjacent to an activating group) is 1. The van der Waals surface area contributed by atoms with Gasteiger partial charge in [-0.15, -0.1) is 0 Å². The fraction of sp³-hybridized carbons (Fsp3) is 0.533. The summed E-state index contributed by atoms with van der Waals surface area (Å²) in [7, 11) is -1.57. The van der Waals surface area contributed by atoms with Crippen LogP contribution in [0.2, 0.25) is 5.02 Å². The van der Waals surface area contributed by atoms with Crippen molar-refractivity contribution in [2.45, 2.75) is 32.9 Å². The molecule has 0 aliphatic heterocycles. The highest BCUT2D eigenvalue weighted by molar-refractivity contribution is 7.90. The molecule has 0 N–H and O–H groups in total. The summed E-state index contributed by atoms with van der Waals surface area (Å²) >= 11 is 5.88. The number of aryl methyl sites for hydroxylation is 1. The second kappa shape index (κ2) is 7.33. The van der Waals surface area contributed by atoms with E-state index in [0.717, 1.165) is 11.8 Å². The van der Waals surface area contributed by atoms with Crippen molar-refractivity contribution in [2.24, 2.45) is 0 Å². The number of nitrogens with zero attached hydrogens (tertiary/aromatic N) is 1. The van der Waals surface area contributed by atoms with Crippen LogP contribution in [0.15, 0.2) is 18.2 Å². The molecule has 0 radical (unpaired) electrons. The molecule has 22 heavy (non-hydrogen) atoms. The topological polar surface area (TPSA) is 63.7 Å². The fourth-order valence-corrected chi connectivity index (χ4v) is 3.37. The molecule has 2 unspecified atom stereocenters. The van der Waals surface area contributed by atoms with Crippen LogP contribution in [0.5, 0.6) is 5.75 Å². The number of hydrogen-bond acceptors (Lipinski definition) is 4. The van der Waals surface area contributed by atoms with E-state index in [-0.39, 0.29) is 11.7 Å². The standard InChI is InChI=1S/C15H22ClNO4S/c1-10-8-13(16)6-7-14(10)21-12(3)15(18)17(4)11(2)9-22(5,19)20/h6-8,11-12H,9H2,1-5H3. The van der Waals surface area contributed by atoms with Gasteiger partial charge in [0, 0.05) is 24.4 Å². The van der Waals surface area contributed by atoms with Crippen LogP contribution in [0.3, 0.4) is 0 Å². The Morgan fingerprint density at radius 2 is 1.95 bits per heavy atom. The number of halogens is 1. The molecule has 2 atom stereocenters. The van der Waals surface area contributed by atoms with Gasteiger partial charge in [0.25, 0.3) is 5.91 Å². The third-order valence-electron chi connectivity index (χ3n) is 3.34. The summed E-state index contributed by atoms with van der Waals surface area (Å²) in [4.78, 5) is 13.7. The quantitative estimate of drug-likeness (QED) is 0.792. The van der Waals surface area contributed by atoms with Gasteiger partial charge in [-0.05, 0) is 44.5 Å². The van der Waals surface area contributed by atoms with E-state index in [4.69, 9.17) is 16.3 Å². The monoisotopic (exact) mass is 347 g/mol. The summed E-state index contributed by atoms with van der Waals surface area (Å²) in [5.74, 6) is 0.224. The van der Waals surface area contributed by atoms with E-state index in [1.54, 1.807) is 39.1 Å². The molecule has 0 aromatic heterocycles. The first-order chi connectivity index (χ1) is 10.0. The second-order valence-corrected chi connectivity index (χ2v) is 8.18. The highest BCUT2D eigenvalue weighted by atomic mass is 35.5. The van der Waals surface area contributed by atoms with Gasteiger partial charge in [-0.25, -0.2) is 8.42 Å². The molecule has 0 spiro atoms. The van der Waals surface area contributed by atoms with Gasteiger partial charge < -0.3 is 9.64 Å². The maximum absolute atomic E-state index is 12.3. The fourth-order valence-electron chi connectivity index (χ4n) is 2.04. The van der Waals surface area contributed by atoms with Crippen LogP contribution in [-0.2, 0) is 14.6 Å². The van der Waals surface area contributed by atoms with Crippen LogP contribution >= 0.6 is 11.6 Å². The summed E-state index contributed by atoms with van der Waals surface area (Å²) < 4.78 is 28.3. The maximum atomic E-state index is 12.3. The SMILES string of the molecule is Cc1cc(Cl)ccc1OC(C)C(=O)N(C)C(C)CS(C)(=O)=O. The Morgan fingerprint density at radius 3 is 2.45 bits per heavy atom. The lowest BCUT2D eigenvalue weighted by Gasteiger charge is -2.27. The average molecular weight is 348 g/mol. The Balaban J connectivity index is 2.75. The summed E-state index contributed by atoms with van der Waals surface area (Å²) in [6.45, 7) is 5.17. The Morgan fingerprint density at radius 1 is 1.36 bits per heavy atom. The minimum absolute atomic E-state index is 0.0814. The molecule has 0 saturated heterocycles. The van der Waals surface area contributed by atoms with Gasteiger partial charge in [0.15, 0.2) is 6.10 Å². The van der Waals surface area contributed by atoms with E-state index >= 15 is 0 Å². The zero-order chi connectivity index (χ0) is 17.1. The molecular formula is C15H22ClNO4S. The van der Waals surface area contributed by atoms with Crippen LogP contribution in [0.25, 0.3) is 0 Å². The predicted octanol–water partition coefficient (Wildman–Crippen LogP) is 2.31. The van der Waals surface area contributed by atoms with Gasteiger partial charge in [0.1, 0.15) is 15.6 Å². The molecule has 124 valence electrons. The second-order valence-electron chi connectivity index (χ2n) is 5.56. The van der Waals surface area contributed by atoms with E-state index in [1.807, 2.05) is 6.92 Å². The van der Waals surface area contributed by atoms with E-state index < -0.39 is 22.0 Å². The van der Waals surface area contributed by atoms with E-state index in [9.17, 15) is 13.2 Å². The number of amides is 1. The van der Waals surface area contributed by atoms with E-state index in [1.165, 1.54) is 4.90 Å². The first-order valence-corrected chi connectivity index (χ1v) is 9.32. The zero-order valence-electron chi connectivity index (χ0n) is 13.5. The first-order valence-electron chi connectivity index (χ1n) is 6.88. The molecule has 0 heterocycles. The number of ether oxygens (including phenoxy) is 1. The van der Waals surface area contributed by atoms with Crippen molar-refractivity contribution in [2.75, 3.05) is 19.1 Å². The van der Waals surface area contributed by atoms with Gasteiger partial charge in [-0.1, -0.05) is 11.6 Å². The third kappa shape index (κ3) is 5.50. The van der Waals surface area contributed by atoms with Crippen molar-refractivity contribution in [3.05, 3.63) is 28.8 Å². The predicted molar refractivity (Wildman–Crippen MR) is 88.2 cm³/mol. The van der Waals surface area contributed by atoms with Gasteiger partial charge in [-0.2, -0.15) is 0 Å². The molecule has 1 aromatic rings. The molecule has 0 fully saturated rings. The number of rotatable bonds is 6. The van der Waals surface area contributed by atoms with E-state index in [0.29, 0.717) is 10.8 Å². The van der Waals surface area contributed by atoms with Gasteiger partial charge in [-0.3, -0.25) is 4.79 Å². The van der Waals surface area contributed by atoms with Gasteiger partial charge >= 0.3 is 0 Å². The summed E-state index contributed by atoms with van der Waals surface area (Å²) in [5.41, 5.74) is 0.832. The summed E-state index contributed by atoms with van der Waals surface area (Å²) in [5, 5.41) is 0.600. The minimum atomic E-state index is -3.15. The number of hydrogen-bond donors (Lipinski definition) is 0. The van der Waals surface area contributed by atoms with Crippen molar-refractivity contribution in [1.29, 1.82) is 0 Å².